The molecular weight excluding hydrogens is 781 g/mol. The summed E-state index contributed by atoms with van der Waals surface area (Å²) in [5, 5.41) is 15.7. The van der Waals surface area contributed by atoms with Crippen molar-refractivity contribution in [1.29, 1.82) is 5.26 Å². The van der Waals surface area contributed by atoms with Gasteiger partial charge in [0.1, 0.15) is 6.07 Å². The van der Waals surface area contributed by atoms with Gasteiger partial charge < -0.3 is 9.13 Å². The molecule has 0 aliphatic heterocycles. The van der Waals surface area contributed by atoms with Crippen LogP contribution in [0.1, 0.15) is 5.56 Å². The first-order chi connectivity index (χ1) is 31.7. The van der Waals surface area contributed by atoms with Crippen LogP contribution in [0.5, 0.6) is 0 Å². The number of nitriles is 1. The third-order valence-corrected chi connectivity index (χ3v) is 12.2. The molecule has 0 fully saturated rings. The van der Waals surface area contributed by atoms with E-state index in [2.05, 4.69) is 155 Å². The maximum atomic E-state index is 11.3. The molecule has 3 heterocycles. The van der Waals surface area contributed by atoms with E-state index in [-0.39, 0.29) is 0 Å². The fourth-order valence-electron chi connectivity index (χ4n) is 9.23. The molecule has 0 spiro atoms. The lowest BCUT2D eigenvalue weighted by Crippen LogP contribution is -2.07. The Bertz CT molecular complexity index is 3710. The second-order valence-corrected chi connectivity index (χ2v) is 15.9. The minimum atomic E-state index is 0.465. The molecule has 298 valence electrons. The van der Waals surface area contributed by atoms with Gasteiger partial charge in [0, 0.05) is 38.2 Å². The fraction of sp³-hybridized carbons (Fsp3) is 0. The van der Waals surface area contributed by atoms with E-state index in [1.807, 2.05) is 78.9 Å². The minimum absolute atomic E-state index is 0.465. The summed E-state index contributed by atoms with van der Waals surface area (Å²) in [7, 11) is 0. The molecule has 0 atom stereocenters. The predicted molar refractivity (Wildman–Crippen MR) is 260 cm³/mol. The molecule has 6 nitrogen and oxygen atoms in total. The Labute approximate surface area is 369 Å². The molecule has 0 unspecified atom stereocenters. The van der Waals surface area contributed by atoms with Crippen LogP contribution in [-0.2, 0) is 0 Å². The zero-order valence-corrected chi connectivity index (χ0v) is 34.5. The smallest absolute Gasteiger partial charge is 0.166 e. The zero-order valence-electron chi connectivity index (χ0n) is 34.5. The van der Waals surface area contributed by atoms with Crippen molar-refractivity contribution in [3.8, 4) is 73.9 Å². The van der Waals surface area contributed by atoms with E-state index in [9.17, 15) is 5.26 Å². The van der Waals surface area contributed by atoms with E-state index in [0.29, 0.717) is 28.6 Å². The molecule has 9 aromatic carbocycles. The quantitative estimate of drug-likeness (QED) is 0.161. The number of rotatable bonds is 7. The monoisotopic (exact) mass is 816 g/mol. The fourth-order valence-corrected chi connectivity index (χ4v) is 9.23. The number of nitrogens with zero attached hydrogens (tertiary/aromatic N) is 6. The van der Waals surface area contributed by atoms with Gasteiger partial charge in [0.05, 0.1) is 39.0 Å². The molecule has 0 amide bonds. The van der Waals surface area contributed by atoms with Gasteiger partial charge in [0.25, 0.3) is 0 Å². The number of aromatic nitrogens is 5. The second-order valence-electron chi connectivity index (χ2n) is 15.9. The van der Waals surface area contributed by atoms with Gasteiger partial charge >= 0.3 is 0 Å². The van der Waals surface area contributed by atoms with Crippen molar-refractivity contribution < 1.29 is 0 Å². The molecule has 12 aromatic rings. The van der Waals surface area contributed by atoms with Crippen LogP contribution in [0.3, 0.4) is 0 Å². The largest absolute Gasteiger partial charge is 0.308 e. The van der Waals surface area contributed by atoms with Gasteiger partial charge in [-0.05, 0) is 70.8 Å². The summed E-state index contributed by atoms with van der Waals surface area (Å²) in [5.74, 6) is 1.56. The Hall–Kier alpha value is -8.92. The summed E-state index contributed by atoms with van der Waals surface area (Å²) in [6.07, 6.45) is 0. The molecule has 0 aliphatic rings. The van der Waals surface area contributed by atoms with Gasteiger partial charge in [0.15, 0.2) is 17.5 Å². The van der Waals surface area contributed by atoms with Gasteiger partial charge in [-0.3, -0.25) is 0 Å². The Balaban J connectivity index is 1.19. The highest BCUT2D eigenvalue weighted by Gasteiger charge is 2.24. The molecule has 12 rings (SSSR count). The molecule has 0 saturated carbocycles. The average Bonchev–Trinajstić information content (AvgIpc) is 3.89. The summed E-state index contributed by atoms with van der Waals surface area (Å²) in [4.78, 5) is 15.5. The predicted octanol–water partition coefficient (Wildman–Crippen LogP) is 14.3. The molecule has 3 aromatic heterocycles. The van der Waals surface area contributed by atoms with Crippen molar-refractivity contribution >= 4 is 43.6 Å². The lowest BCUT2D eigenvalue weighted by molar-refractivity contribution is 1.06. The zero-order chi connectivity index (χ0) is 42.6. The van der Waals surface area contributed by atoms with Crippen molar-refractivity contribution in [2.45, 2.75) is 0 Å². The average molecular weight is 817 g/mol. The highest BCUT2D eigenvalue weighted by molar-refractivity contribution is 6.12. The van der Waals surface area contributed by atoms with Gasteiger partial charge in [-0.2, -0.15) is 5.26 Å². The Morgan fingerprint density at radius 3 is 1.17 bits per heavy atom. The second kappa shape index (κ2) is 15.2. The number of para-hydroxylation sites is 2. The first kappa shape index (κ1) is 36.9. The molecule has 64 heavy (non-hydrogen) atoms. The molecule has 0 saturated heterocycles. The van der Waals surface area contributed by atoms with Crippen molar-refractivity contribution in [2.75, 3.05) is 0 Å². The van der Waals surface area contributed by atoms with E-state index in [4.69, 9.17) is 15.0 Å². The van der Waals surface area contributed by atoms with E-state index in [1.54, 1.807) is 0 Å². The van der Waals surface area contributed by atoms with Crippen molar-refractivity contribution in [3.05, 3.63) is 224 Å². The minimum Gasteiger partial charge on any atom is -0.308 e. The lowest BCUT2D eigenvalue weighted by Gasteiger charge is -2.19. The van der Waals surface area contributed by atoms with Crippen LogP contribution >= 0.6 is 0 Å². The van der Waals surface area contributed by atoms with E-state index < -0.39 is 0 Å². The van der Waals surface area contributed by atoms with Crippen LogP contribution in [0.4, 0.5) is 0 Å². The van der Waals surface area contributed by atoms with E-state index in [0.717, 1.165) is 88.4 Å². The highest BCUT2D eigenvalue weighted by Crippen LogP contribution is 2.42. The topological polar surface area (TPSA) is 72.3 Å². The van der Waals surface area contributed by atoms with E-state index in [1.165, 1.54) is 0 Å². The molecule has 0 bridgehead atoms. The maximum Gasteiger partial charge on any atom is 0.166 e. The van der Waals surface area contributed by atoms with Crippen molar-refractivity contribution in [3.63, 3.8) is 0 Å². The van der Waals surface area contributed by atoms with Gasteiger partial charge in [-0.1, -0.05) is 170 Å². The van der Waals surface area contributed by atoms with Crippen molar-refractivity contribution in [1.82, 2.24) is 24.1 Å². The summed E-state index contributed by atoms with van der Waals surface area (Å²) in [6.45, 7) is 0. The third kappa shape index (κ3) is 6.14. The molecular formula is C58H36N6. The third-order valence-electron chi connectivity index (χ3n) is 12.2. The molecule has 0 radical (unpaired) electrons. The standard InChI is InChI=1S/C58H36N6/c59-37-44-35-49(58-61-56(40-21-9-3-10-22-40)60-57(62-58)41-23-11-4-12-24-41)55(64-51-28-16-14-26-46(51)48-34-43(30-32-53(48)64)39-19-7-2-8-20-39)36-54(44)63-50-27-15-13-25-45(50)47-33-42(29-31-52(47)63)38-17-5-1-6-18-38/h1-36H. The van der Waals surface area contributed by atoms with Crippen LogP contribution in [-0.4, -0.2) is 24.1 Å². The number of benzene rings is 9. The maximum absolute atomic E-state index is 11.3. The lowest BCUT2D eigenvalue weighted by atomic mass is 10.0. The van der Waals surface area contributed by atoms with Crippen LogP contribution in [0.15, 0.2) is 218 Å². The molecule has 0 N–H and O–H groups in total. The van der Waals surface area contributed by atoms with Crippen LogP contribution in [0.2, 0.25) is 0 Å². The summed E-state index contributed by atoms with van der Waals surface area (Å²) >= 11 is 0. The normalized spacial score (nSPS) is 11.4. The summed E-state index contributed by atoms with van der Waals surface area (Å²) in [5.41, 5.74) is 13.1. The van der Waals surface area contributed by atoms with E-state index >= 15 is 0 Å². The Morgan fingerprint density at radius 1 is 0.312 bits per heavy atom. The van der Waals surface area contributed by atoms with Gasteiger partial charge in [-0.15, -0.1) is 0 Å². The van der Waals surface area contributed by atoms with Crippen LogP contribution in [0.25, 0.3) is 111 Å². The summed E-state index contributed by atoms with van der Waals surface area (Å²) < 4.78 is 4.56. The Morgan fingerprint density at radius 2 is 0.703 bits per heavy atom. The molecule has 6 heteroatoms. The SMILES string of the molecule is N#Cc1cc(-c2nc(-c3ccccc3)nc(-c3ccccc3)n2)c(-n2c3ccccc3c3cc(-c4ccccc4)ccc32)cc1-n1c2ccccc2c2cc(-c3ccccc3)ccc21. The number of hydrogen-bond acceptors (Lipinski definition) is 4. The van der Waals surface area contributed by atoms with Crippen molar-refractivity contribution in [2.24, 2.45) is 0 Å². The van der Waals surface area contributed by atoms with Crippen LogP contribution < -0.4 is 0 Å². The number of fused-ring (bicyclic) bond motifs is 6. The molecule has 0 aliphatic carbocycles. The van der Waals surface area contributed by atoms with Crippen LogP contribution in [0, 0.1) is 11.3 Å². The van der Waals surface area contributed by atoms with Gasteiger partial charge in [0.2, 0.25) is 0 Å². The Kier molecular flexibility index (Phi) is 8.77. The first-order valence-corrected chi connectivity index (χ1v) is 21.3. The highest BCUT2D eigenvalue weighted by atomic mass is 15.1. The number of hydrogen-bond donors (Lipinski definition) is 0. The van der Waals surface area contributed by atoms with Gasteiger partial charge in [-0.25, -0.2) is 15.0 Å². The summed E-state index contributed by atoms with van der Waals surface area (Å²) in [6, 6.07) is 78.0. The first-order valence-electron chi connectivity index (χ1n) is 21.3.